The molecular formula is C11H7BrClFN2S. The fraction of sp³-hybridized carbons (Fsp3) is 0.0909. The minimum atomic E-state index is -0.351. The van der Waals surface area contributed by atoms with Crippen molar-refractivity contribution in [1.82, 2.24) is 9.97 Å². The van der Waals surface area contributed by atoms with Crippen molar-refractivity contribution in [3.8, 4) is 0 Å². The van der Waals surface area contributed by atoms with Crippen LogP contribution in [-0.2, 0) is 6.42 Å². The van der Waals surface area contributed by atoms with Crippen molar-refractivity contribution in [1.29, 1.82) is 0 Å². The van der Waals surface area contributed by atoms with E-state index in [1.165, 1.54) is 12.1 Å². The molecule has 17 heavy (non-hydrogen) atoms. The van der Waals surface area contributed by atoms with Crippen LogP contribution in [0.1, 0.15) is 11.4 Å². The molecule has 1 aromatic carbocycles. The standard InChI is InChI=1S/C11H7BrClFN2S/c12-8-5-15-10(16-11(8)17)3-6-1-2-7(14)4-9(6)13/h1-2,4-5H,3H2,(H,15,16,17). The molecule has 0 saturated carbocycles. The summed E-state index contributed by atoms with van der Waals surface area (Å²) in [5.74, 6) is 0.335. The normalized spacial score (nSPS) is 10.5. The Morgan fingerprint density at radius 1 is 1.47 bits per heavy atom. The van der Waals surface area contributed by atoms with Gasteiger partial charge in [0.25, 0.3) is 0 Å². The number of rotatable bonds is 2. The Hall–Kier alpha value is -0.780. The zero-order valence-corrected chi connectivity index (χ0v) is 11.7. The van der Waals surface area contributed by atoms with Crippen LogP contribution in [0.25, 0.3) is 0 Å². The van der Waals surface area contributed by atoms with E-state index in [1.54, 1.807) is 12.3 Å². The molecule has 0 aliphatic carbocycles. The molecule has 0 saturated heterocycles. The molecule has 2 rings (SSSR count). The highest BCUT2D eigenvalue weighted by Gasteiger charge is 2.05. The number of hydrogen-bond donors (Lipinski definition) is 1. The number of nitrogens with one attached hydrogen (secondary N) is 1. The third kappa shape index (κ3) is 3.12. The van der Waals surface area contributed by atoms with Gasteiger partial charge in [0.1, 0.15) is 16.3 Å². The van der Waals surface area contributed by atoms with Gasteiger partial charge < -0.3 is 4.98 Å². The summed E-state index contributed by atoms with van der Waals surface area (Å²) < 4.78 is 14.2. The third-order valence-electron chi connectivity index (χ3n) is 2.18. The van der Waals surface area contributed by atoms with Crippen molar-refractivity contribution in [2.45, 2.75) is 6.42 Å². The fourth-order valence-corrected chi connectivity index (χ4v) is 1.96. The molecule has 0 aliphatic rings. The minimum absolute atomic E-state index is 0.351. The molecule has 1 heterocycles. The second-order valence-corrected chi connectivity index (χ2v) is 5.09. The van der Waals surface area contributed by atoms with Crippen molar-refractivity contribution in [3.05, 3.63) is 55.7 Å². The van der Waals surface area contributed by atoms with Crippen molar-refractivity contribution < 1.29 is 4.39 Å². The Bertz CT molecular complexity index is 615. The number of aromatic nitrogens is 2. The number of H-pyrrole nitrogens is 1. The quantitative estimate of drug-likeness (QED) is 0.831. The van der Waals surface area contributed by atoms with Crippen LogP contribution >= 0.6 is 39.7 Å². The van der Waals surface area contributed by atoms with E-state index in [9.17, 15) is 4.39 Å². The van der Waals surface area contributed by atoms with Crippen LogP contribution in [0, 0.1) is 10.5 Å². The average Bonchev–Trinajstić information content (AvgIpc) is 2.27. The molecule has 2 nitrogen and oxygen atoms in total. The monoisotopic (exact) mass is 332 g/mol. The van der Waals surface area contributed by atoms with E-state index in [1.807, 2.05) is 0 Å². The summed E-state index contributed by atoms with van der Waals surface area (Å²) in [6.07, 6.45) is 2.11. The van der Waals surface area contributed by atoms with Gasteiger partial charge in [-0.3, -0.25) is 0 Å². The fourth-order valence-electron chi connectivity index (χ4n) is 1.35. The van der Waals surface area contributed by atoms with Crippen LogP contribution in [0.15, 0.2) is 28.9 Å². The van der Waals surface area contributed by atoms with Crippen molar-refractivity contribution in [3.63, 3.8) is 0 Å². The van der Waals surface area contributed by atoms with Crippen LogP contribution in [-0.4, -0.2) is 9.97 Å². The maximum Gasteiger partial charge on any atom is 0.124 e. The van der Waals surface area contributed by atoms with Crippen LogP contribution in [0.5, 0.6) is 0 Å². The summed E-state index contributed by atoms with van der Waals surface area (Å²) in [5.41, 5.74) is 0.800. The lowest BCUT2D eigenvalue weighted by Gasteiger charge is -2.04. The molecule has 0 aliphatic heterocycles. The first kappa shape index (κ1) is 12.7. The number of halogens is 3. The molecule has 2 aromatic rings. The molecule has 0 bridgehead atoms. The molecule has 6 heteroatoms. The first-order valence-electron chi connectivity index (χ1n) is 4.74. The van der Waals surface area contributed by atoms with E-state index in [2.05, 4.69) is 25.9 Å². The maximum atomic E-state index is 12.9. The zero-order chi connectivity index (χ0) is 12.4. The van der Waals surface area contributed by atoms with Gasteiger partial charge in [0.2, 0.25) is 0 Å². The predicted molar refractivity (Wildman–Crippen MR) is 71.3 cm³/mol. The van der Waals surface area contributed by atoms with Gasteiger partial charge in [-0.2, -0.15) is 0 Å². The molecule has 0 atom stereocenters. The first-order chi connectivity index (χ1) is 8.06. The smallest absolute Gasteiger partial charge is 0.124 e. The van der Waals surface area contributed by atoms with E-state index >= 15 is 0 Å². The maximum absolute atomic E-state index is 12.9. The highest BCUT2D eigenvalue weighted by Crippen LogP contribution is 2.19. The lowest BCUT2D eigenvalue weighted by atomic mass is 10.1. The summed E-state index contributed by atoms with van der Waals surface area (Å²) >= 11 is 14.3. The van der Waals surface area contributed by atoms with Gasteiger partial charge in [0.05, 0.1) is 4.47 Å². The Balaban J connectivity index is 2.31. The van der Waals surface area contributed by atoms with E-state index < -0.39 is 0 Å². The van der Waals surface area contributed by atoms with Crippen molar-refractivity contribution in [2.75, 3.05) is 0 Å². The molecule has 88 valence electrons. The van der Waals surface area contributed by atoms with Gasteiger partial charge in [-0.25, -0.2) is 9.37 Å². The second-order valence-electron chi connectivity index (χ2n) is 3.42. The van der Waals surface area contributed by atoms with E-state index in [0.29, 0.717) is 21.9 Å². The second kappa shape index (κ2) is 5.25. The molecule has 0 unspecified atom stereocenters. The highest BCUT2D eigenvalue weighted by atomic mass is 79.9. The third-order valence-corrected chi connectivity index (χ3v) is 3.72. The SMILES string of the molecule is Fc1ccc(Cc2ncc(Br)c(=S)[nH]2)c(Cl)c1. The van der Waals surface area contributed by atoms with Gasteiger partial charge in [0.15, 0.2) is 0 Å². The van der Waals surface area contributed by atoms with Gasteiger partial charge in [-0.1, -0.05) is 29.9 Å². The van der Waals surface area contributed by atoms with E-state index in [0.717, 1.165) is 10.0 Å². The van der Waals surface area contributed by atoms with Crippen molar-refractivity contribution >= 4 is 39.7 Å². The topological polar surface area (TPSA) is 28.7 Å². The van der Waals surface area contributed by atoms with Gasteiger partial charge >= 0.3 is 0 Å². The average molecular weight is 334 g/mol. The van der Waals surface area contributed by atoms with Crippen LogP contribution in [0.3, 0.4) is 0 Å². The number of nitrogens with zero attached hydrogens (tertiary/aromatic N) is 1. The van der Waals surface area contributed by atoms with E-state index in [-0.39, 0.29) is 5.82 Å². The molecule has 1 aromatic heterocycles. The molecule has 0 radical (unpaired) electrons. The summed E-state index contributed by atoms with van der Waals surface area (Å²) in [7, 11) is 0. The van der Waals surface area contributed by atoms with Crippen LogP contribution in [0.4, 0.5) is 4.39 Å². The lowest BCUT2D eigenvalue weighted by molar-refractivity contribution is 0.627. The minimum Gasteiger partial charge on any atom is -0.334 e. The number of hydrogen-bond acceptors (Lipinski definition) is 2. The van der Waals surface area contributed by atoms with Crippen LogP contribution < -0.4 is 0 Å². The molecule has 0 fully saturated rings. The summed E-state index contributed by atoms with van der Waals surface area (Å²) in [5, 5.41) is 0.383. The zero-order valence-electron chi connectivity index (χ0n) is 8.51. The van der Waals surface area contributed by atoms with Gasteiger partial charge in [-0.05, 0) is 33.6 Å². The van der Waals surface area contributed by atoms with Crippen LogP contribution in [0.2, 0.25) is 5.02 Å². The summed E-state index contributed by atoms with van der Waals surface area (Å²) in [6.45, 7) is 0. The Labute approximate surface area is 116 Å². The molecular weight excluding hydrogens is 327 g/mol. The number of benzene rings is 1. The van der Waals surface area contributed by atoms with E-state index in [4.69, 9.17) is 23.8 Å². The van der Waals surface area contributed by atoms with Gasteiger partial charge in [0, 0.05) is 17.6 Å². The Morgan fingerprint density at radius 3 is 2.88 bits per heavy atom. The lowest BCUT2D eigenvalue weighted by Crippen LogP contribution is -1.97. The molecule has 1 N–H and O–H groups in total. The van der Waals surface area contributed by atoms with Crippen molar-refractivity contribution in [2.24, 2.45) is 0 Å². The van der Waals surface area contributed by atoms with Gasteiger partial charge in [-0.15, -0.1) is 0 Å². The summed E-state index contributed by atoms with van der Waals surface area (Å²) in [4.78, 5) is 7.15. The first-order valence-corrected chi connectivity index (χ1v) is 6.32. The summed E-state index contributed by atoms with van der Waals surface area (Å²) in [6, 6.07) is 4.29. The molecule has 0 spiro atoms. The highest BCUT2D eigenvalue weighted by molar-refractivity contribution is 9.10. The Kier molecular flexibility index (Phi) is 3.91. The largest absolute Gasteiger partial charge is 0.334 e. The molecule has 0 amide bonds. The Morgan fingerprint density at radius 2 is 2.24 bits per heavy atom. The predicted octanol–water partition coefficient (Wildman–Crippen LogP) is 4.28. The number of aromatic amines is 1.